The van der Waals surface area contributed by atoms with Crippen LogP contribution >= 0.6 is 24.4 Å². The van der Waals surface area contributed by atoms with Crippen molar-refractivity contribution in [2.45, 2.75) is 122 Å². The molecule has 0 aromatic carbocycles. The van der Waals surface area contributed by atoms with Crippen LogP contribution < -0.4 is 46.7 Å². The molecule has 0 aliphatic heterocycles. The van der Waals surface area contributed by atoms with Crippen molar-refractivity contribution in [3.8, 4) is 11.5 Å². The third-order valence-corrected chi connectivity index (χ3v) is 11.2. The molecule has 0 aliphatic rings. The Bertz CT molecular complexity index is 2490. The number of hydrogen-bond acceptors (Lipinski definition) is 20. The SMILES string of the molecule is COc1c(C)cnc(CN(CCn2nc(C)cc2C)CCn2nc(C)cc2C)c1C.COc1c(C)cnc(CN(CCn2nc(C)cc2C)CCn2nc(C)cc2C)c1C.[Co+2].[Co+2].[N-]=C=S.[N-]=C=S.[O-][Cl+3]([O-])([O-])[O-].[O-][Cl+3]([O-])([O-])[O-]. The van der Waals surface area contributed by atoms with Crippen LogP contribution in [0.15, 0.2) is 36.7 Å². The van der Waals surface area contributed by atoms with E-state index < -0.39 is 20.5 Å². The zero-order valence-electron chi connectivity index (χ0n) is 46.1. The van der Waals surface area contributed by atoms with Crippen LogP contribution in [0.2, 0.25) is 0 Å². The van der Waals surface area contributed by atoms with E-state index in [2.05, 4.69) is 139 Å². The summed E-state index contributed by atoms with van der Waals surface area (Å²) in [6, 6.07) is 8.49. The number of halogens is 2. The minimum absolute atomic E-state index is 0. The number of hydrogen-bond donors (Lipinski definition) is 0. The van der Waals surface area contributed by atoms with Crippen LogP contribution in [-0.2, 0) is 72.8 Å². The van der Waals surface area contributed by atoms with Crippen molar-refractivity contribution in [2.75, 3.05) is 40.4 Å². The van der Waals surface area contributed by atoms with Crippen LogP contribution in [-0.4, -0.2) is 110 Å². The van der Waals surface area contributed by atoms with Crippen LogP contribution in [0.1, 0.15) is 79.2 Å². The number of aryl methyl sites for hydroxylation is 10. The largest absolute Gasteiger partial charge is 2.00 e. The molecule has 434 valence electrons. The molecule has 0 atom stereocenters. The molecule has 0 aliphatic carbocycles. The van der Waals surface area contributed by atoms with Gasteiger partial charge in [0, 0.05) is 96.7 Å². The first-order chi connectivity index (χ1) is 35.4. The van der Waals surface area contributed by atoms with Gasteiger partial charge in [0.15, 0.2) is 0 Å². The Kier molecular flexibility index (Phi) is 36.3. The van der Waals surface area contributed by atoms with E-state index >= 15 is 0 Å². The summed E-state index contributed by atoms with van der Waals surface area (Å²) in [5.74, 6) is 1.86. The maximum atomic E-state index is 8.49. The topological polar surface area (TPSA) is 351 Å². The summed E-state index contributed by atoms with van der Waals surface area (Å²) in [7, 11) is -6.44. The van der Waals surface area contributed by atoms with Crippen LogP contribution in [0.25, 0.3) is 10.8 Å². The Morgan fingerprint density at radius 1 is 0.474 bits per heavy atom. The van der Waals surface area contributed by atoms with E-state index in [9.17, 15) is 0 Å². The number of rotatable bonds is 18. The third-order valence-electron chi connectivity index (χ3n) is 11.2. The molecule has 6 rings (SSSR count). The zero-order chi connectivity index (χ0) is 58.1. The predicted molar refractivity (Wildman–Crippen MR) is 270 cm³/mol. The van der Waals surface area contributed by atoms with Crippen molar-refractivity contribution in [3.63, 3.8) is 0 Å². The molecule has 6 aromatic rings. The minimum atomic E-state index is -4.94. The van der Waals surface area contributed by atoms with Crippen molar-refractivity contribution >= 4 is 34.8 Å². The van der Waals surface area contributed by atoms with Gasteiger partial charge in [-0.05, 0) is 107 Å². The predicted octanol–water partition coefficient (Wildman–Crippen LogP) is -1.13. The summed E-state index contributed by atoms with van der Waals surface area (Å²) in [5.41, 5.74) is 15.5. The second kappa shape index (κ2) is 37.5. The maximum absolute atomic E-state index is 8.49. The van der Waals surface area contributed by atoms with E-state index in [0.29, 0.717) is 0 Å². The van der Waals surface area contributed by atoms with Crippen molar-refractivity contribution < 1.29 is 101 Å². The quantitative estimate of drug-likeness (QED) is 0.0726. The third kappa shape index (κ3) is 29.7. The molecule has 2 radical (unpaired) electrons. The van der Waals surface area contributed by atoms with Crippen molar-refractivity contribution in [1.29, 1.82) is 0 Å². The summed E-state index contributed by atoms with van der Waals surface area (Å²) >= 11 is 7.40. The summed E-state index contributed by atoms with van der Waals surface area (Å²) in [6.45, 7) is 33.3. The monoisotopic (exact) mass is 1250 g/mol. The molecule has 30 heteroatoms. The summed E-state index contributed by atoms with van der Waals surface area (Å²) in [4.78, 5) is 14.3. The fraction of sp³-hybridized carbons (Fsp3) is 0.500. The second-order valence-electron chi connectivity index (χ2n) is 17.2. The average molecular weight is 1250 g/mol. The Morgan fingerprint density at radius 2 is 0.679 bits per heavy atom. The molecule has 0 N–H and O–H groups in total. The van der Waals surface area contributed by atoms with E-state index in [1.54, 1.807) is 14.2 Å². The van der Waals surface area contributed by atoms with Crippen molar-refractivity contribution in [3.05, 3.63) is 127 Å². The van der Waals surface area contributed by atoms with Gasteiger partial charge in [0.1, 0.15) is 11.5 Å². The number of pyridine rings is 2. The molecule has 0 fully saturated rings. The zero-order valence-corrected chi connectivity index (χ0v) is 51.3. The van der Waals surface area contributed by atoms with Crippen LogP contribution in [0, 0.1) is 104 Å². The Balaban J connectivity index is 0. The molecule has 6 aromatic heterocycles. The smallest absolute Gasteiger partial charge is 0.753 e. The van der Waals surface area contributed by atoms with E-state index in [0.717, 1.165) is 133 Å². The van der Waals surface area contributed by atoms with Gasteiger partial charge in [0.05, 0.1) is 74.6 Å². The normalized spacial score (nSPS) is 10.6. The van der Waals surface area contributed by atoms with E-state index in [-0.39, 0.29) is 33.6 Å². The van der Waals surface area contributed by atoms with Gasteiger partial charge in [-0.1, -0.05) is 24.4 Å². The van der Waals surface area contributed by atoms with Crippen LogP contribution in [0.5, 0.6) is 11.5 Å². The Morgan fingerprint density at radius 3 is 0.846 bits per heavy atom. The number of aromatic nitrogens is 10. The fourth-order valence-corrected chi connectivity index (χ4v) is 7.97. The van der Waals surface area contributed by atoms with Crippen LogP contribution in [0.3, 0.4) is 0 Å². The van der Waals surface area contributed by atoms with Gasteiger partial charge in [0.25, 0.3) is 0 Å². The van der Waals surface area contributed by atoms with Crippen LogP contribution in [0.4, 0.5) is 0 Å². The van der Waals surface area contributed by atoms with Gasteiger partial charge in [-0.3, -0.25) is 38.5 Å². The van der Waals surface area contributed by atoms with E-state index in [1.807, 2.05) is 53.9 Å². The molecular formula is C48H68Cl2Co2N14O10S2. The molecule has 0 saturated heterocycles. The standard InChI is InChI=1S/2C23H34N6O.2CNS.2ClHO4.2Co/c2*1-16-14-24-22(21(6)23(16)30-7)15-27(8-10-28-19(4)12-17(2)25-28)9-11-29-20(5)13-18(3)26-29;2*2-1-3;2*2-1(3,4)5;;/h2*12-14H,8-11,15H2,1-7H3;;;2*(H,2,3,4,5);;/q;;2*-1;;;2*+2/p-2. The Labute approximate surface area is 492 Å². The second-order valence-corrected chi connectivity index (χ2v) is 19.1. The molecule has 24 nitrogen and oxygen atoms in total. The van der Waals surface area contributed by atoms with Gasteiger partial charge >= 0.3 is 33.6 Å². The number of methoxy groups -OCH3 is 2. The van der Waals surface area contributed by atoms with E-state index in [4.69, 9.17) is 67.5 Å². The first kappa shape index (κ1) is 75.6. The maximum Gasteiger partial charge on any atom is 2.00 e. The summed E-state index contributed by atoms with van der Waals surface area (Å²) in [6.07, 6.45) is 3.81. The minimum Gasteiger partial charge on any atom is -0.753 e. The molecule has 0 amide bonds. The first-order valence-electron chi connectivity index (χ1n) is 23.1. The van der Waals surface area contributed by atoms with Crippen molar-refractivity contribution in [2.24, 2.45) is 0 Å². The fourth-order valence-electron chi connectivity index (χ4n) is 7.97. The number of nitrogens with zero attached hydrogens (tertiary/aromatic N) is 14. The molecule has 6 heterocycles. The van der Waals surface area contributed by atoms with Gasteiger partial charge in [-0.2, -0.15) is 30.7 Å². The van der Waals surface area contributed by atoms with Gasteiger partial charge in [-0.15, -0.1) is 20.5 Å². The Hall–Kier alpha value is -4.47. The summed E-state index contributed by atoms with van der Waals surface area (Å²) < 4.78 is 87.5. The molecule has 78 heavy (non-hydrogen) atoms. The van der Waals surface area contributed by atoms with E-state index in [1.165, 1.54) is 33.1 Å². The van der Waals surface area contributed by atoms with Gasteiger partial charge in [0.2, 0.25) is 0 Å². The van der Waals surface area contributed by atoms with Gasteiger partial charge < -0.3 is 20.3 Å². The van der Waals surface area contributed by atoms with Crippen molar-refractivity contribution in [1.82, 2.24) is 58.9 Å². The molecule has 0 unspecified atom stereocenters. The van der Waals surface area contributed by atoms with Gasteiger partial charge in [-0.25, -0.2) is 37.3 Å². The molecule has 0 saturated carbocycles. The number of ether oxygens (including phenoxy) is 2. The molecule has 0 bridgehead atoms. The summed E-state index contributed by atoms with van der Waals surface area (Å²) in [5, 5.41) is 35.4. The first-order valence-corrected chi connectivity index (χ1v) is 26.4. The number of thiocarbonyl (C=S) groups is 2. The average Bonchev–Trinajstić information content (AvgIpc) is 4.02. The number of isothiocyanates is 2. The molecular weight excluding hydrogens is 1190 g/mol. The molecule has 0 spiro atoms.